The van der Waals surface area contributed by atoms with Gasteiger partial charge in [-0.1, -0.05) is 12.1 Å². The molecule has 128 valence electrons. The second kappa shape index (κ2) is 6.25. The summed E-state index contributed by atoms with van der Waals surface area (Å²) >= 11 is 0. The summed E-state index contributed by atoms with van der Waals surface area (Å²) in [6.07, 6.45) is 2.84. The van der Waals surface area contributed by atoms with Crippen LogP contribution in [0, 0.1) is 0 Å². The van der Waals surface area contributed by atoms with Crippen molar-refractivity contribution in [1.29, 1.82) is 0 Å². The fraction of sp³-hybridized carbons (Fsp3) is 0.0556. The van der Waals surface area contributed by atoms with Crippen molar-refractivity contribution in [3.05, 3.63) is 71.8 Å². The largest absolute Gasteiger partial charge is 0.412 e. The molecule has 4 aromatic rings. The average molecular weight is 347 g/mol. The number of carbonyl (C=O) groups is 2. The number of pyridine rings is 1. The summed E-state index contributed by atoms with van der Waals surface area (Å²) in [7, 11) is 0. The van der Waals surface area contributed by atoms with Gasteiger partial charge in [0.25, 0.3) is 0 Å². The third-order valence-corrected chi connectivity index (χ3v) is 3.89. The van der Waals surface area contributed by atoms with Crippen LogP contribution in [-0.2, 0) is 11.2 Å². The van der Waals surface area contributed by atoms with Crippen LogP contribution in [0.2, 0.25) is 0 Å². The number of carbonyl (C=O) groups excluding carboxylic acids is 2. The maximum atomic E-state index is 11.8. The highest BCUT2D eigenvalue weighted by Crippen LogP contribution is 2.17. The fourth-order valence-corrected chi connectivity index (χ4v) is 2.74. The number of primary amides is 1. The van der Waals surface area contributed by atoms with E-state index < -0.39 is 12.1 Å². The molecule has 3 heterocycles. The van der Waals surface area contributed by atoms with Gasteiger partial charge in [-0.3, -0.25) is 4.98 Å². The van der Waals surface area contributed by atoms with Crippen LogP contribution in [0.15, 0.2) is 54.9 Å². The zero-order valence-electron chi connectivity index (χ0n) is 13.5. The molecule has 0 unspecified atom stereocenters. The predicted molar refractivity (Wildman–Crippen MR) is 92.5 cm³/mol. The van der Waals surface area contributed by atoms with Gasteiger partial charge in [0.2, 0.25) is 0 Å². The number of ether oxygens (including phenoxy) is 1. The first-order chi connectivity index (χ1) is 12.6. The minimum absolute atomic E-state index is 0.0294. The van der Waals surface area contributed by atoms with Gasteiger partial charge in [0.1, 0.15) is 0 Å². The quantitative estimate of drug-likeness (QED) is 0.448. The van der Waals surface area contributed by atoms with Gasteiger partial charge in [-0.05, 0) is 35.9 Å². The lowest BCUT2D eigenvalue weighted by molar-refractivity contribution is 0.0630. The molecule has 0 atom stereocenters. The standard InChI is InChI=1S/C18H13N5O3/c19-18(25)26-17(24)15-5-6-16-21-10-13(23(16)22-15)9-11-3-4-14-12(8-11)2-1-7-20-14/h1-8,10H,9H2,(H2,19,25). The number of esters is 1. The van der Waals surface area contributed by atoms with E-state index in [9.17, 15) is 9.59 Å². The number of nitrogens with two attached hydrogens (primary N) is 1. The Hall–Kier alpha value is -3.81. The van der Waals surface area contributed by atoms with Crippen molar-refractivity contribution in [2.24, 2.45) is 5.73 Å². The predicted octanol–water partition coefficient (Wildman–Crippen LogP) is 2.10. The first-order valence-electron chi connectivity index (χ1n) is 7.79. The minimum atomic E-state index is -1.17. The Morgan fingerprint density at radius 1 is 1.12 bits per heavy atom. The summed E-state index contributed by atoms with van der Waals surface area (Å²) < 4.78 is 5.91. The molecular weight excluding hydrogens is 334 g/mol. The van der Waals surface area contributed by atoms with E-state index >= 15 is 0 Å². The topological polar surface area (TPSA) is 112 Å². The zero-order valence-corrected chi connectivity index (χ0v) is 13.5. The first-order valence-corrected chi connectivity index (χ1v) is 7.79. The van der Waals surface area contributed by atoms with E-state index in [1.54, 1.807) is 23.0 Å². The lowest BCUT2D eigenvalue weighted by Gasteiger charge is -2.05. The molecule has 2 N–H and O–H groups in total. The second-order valence-electron chi connectivity index (χ2n) is 5.65. The first kappa shape index (κ1) is 15.7. The lowest BCUT2D eigenvalue weighted by Crippen LogP contribution is -2.20. The highest BCUT2D eigenvalue weighted by atomic mass is 16.6. The number of nitrogens with zero attached hydrogens (tertiary/aromatic N) is 4. The smallest absolute Gasteiger partial charge is 0.371 e. The highest BCUT2D eigenvalue weighted by Gasteiger charge is 2.15. The molecule has 3 aromatic heterocycles. The van der Waals surface area contributed by atoms with Crippen molar-refractivity contribution in [2.45, 2.75) is 6.42 Å². The van der Waals surface area contributed by atoms with E-state index in [0.717, 1.165) is 22.2 Å². The van der Waals surface area contributed by atoms with Gasteiger partial charge in [-0.15, -0.1) is 0 Å². The Morgan fingerprint density at radius 3 is 2.85 bits per heavy atom. The second-order valence-corrected chi connectivity index (χ2v) is 5.65. The molecule has 4 rings (SSSR count). The van der Waals surface area contributed by atoms with Crippen LogP contribution in [0.3, 0.4) is 0 Å². The Balaban J connectivity index is 1.69. The monoisotopic (exact) mass is 347 g/mol. The van der Waals surface area contributed by atoms with Gasteiger partial charge in [-0.2, -0.15) is 5.10 Å². The Kier molecular flexibility index (Phi) is 3.77. The molecule has 0 saturated carbocycles. The molecule has 0 aliphatic carbocycles. The number of rotatable bonds is 3. The van der Waals surface area contributed by atoms with Crippen LogP contribution in [0.25, 0.3) is 16.6 Å². The summed E-state index contributed by atoms with van der Waals surface area (Å²) in [4.78, 5) is 31.1. The molecule has 8 nitrogen and oxygen atoms in total. The number of aromatic nitrogens is 4. The molecule has 0 radical (unpaired) electrons. The molecule has 0 fully saturated rings. The highest BCUT2D eigenvalue weighted by molar-refractivity contribution is 5.94. The van der Waals surface area contributed by atoms with E-state index in [0.29, 0.717) is 12.1 Å². The van der Waals surface area contributed by atoms with Crippen molar-refractivity contribution in [2.75, 3.05) is 0 Å². The number of benzene rings is 1. The zero-order chi connectivity index (χ0) is 18.1. The van der Waals surface area contributed by atoms with E-state index in [1.165, 1.54) is 6.07 Å². The van der Waals surface area contributed by atoms with Crippen LogP contribution in [0.5, 0.6) is 0 Å². The summed E-state index contributed by atoms with van der Waals surface area (Å²) in [5, 5.41) is 5.25. The number of imidazole rings is 1. The molecule has 26 heavy (non-hydrogen) atoms. The average Bonchev–Trinajstić information content (AvgIpc) is 3.03. The summed E-state index contributed by atoms with van der Waals surface area (Å²) in [6.45, 7) is 0. The van der Waals surface area contributed by atoms with E-state index in [2.05, 4.69) is 19.8 Å². The van der Waals surface area contributed by atoms with Crippen molar-refractivity contribution in [3.8, 4) is 0 Å². The van der Waals surface area contributed by atoms with Crippen LogP contribution in [0.1, 0.15) is 21.7 Å². The summed E-state index contributed by atoms with van der Waals surface area (Å²) in [5.74, 6) is -0.907. The van der Waals surface area contributed by atoms with E-state index in [-0.39, 0.29) is 5.69 Å². The van der Waals surface area contributed by atoms with Gasteiger partial charge in [0.15, 0.2) is 11.3 Å². The molecule has 0 spiro atoms. The van der Waals surface area contributed by atoms with Crippen molar-refractivity contribution in [3.63, 3.8) is 0 Å². The molecule has 0 saturated heterocycles. The Morgan fingerprint density at radius 2 is 2.00 bits per heavy atom. The summed E-state index contributed by atoms with van der Waals surface area (Å²) in [6, 6.07) is 12.9. The maximum Gasteiger partial charge on any atom is 0.412 e. The fourth-order valence-electron chi connectivity index (χ4n) is 2.74. The number of hydrogen-bond donors (Lipinski definition) is 1. The van der Waals surface area contributed by atoms with Gasteiger partial charge in [0, 0.05) is 18.0 Å². The lowest BCUT2D eigenvalue weighted by atomic mass is 10.1. The summed E-state index contributed by atoms with van der Waals surface area (Å²) in [5.41, 5.74) is 8.18. The Bertz CT molecular complexity index is 1150. The van der Waals surface area contributed by atoms with Gasteiger partial charge < -0.3 is 10.5 Å². The van der Waals surface area contributed by atoms with Crippen molar-refractivity contribution >= 4 is 28.6 Å². The minimum Gasteiger partial charge on any atom is -0.371 e. The van der Waals surface area contributed by atoms with E-state index in [4.69, 9.17) is 5.73 Å². The number of amides is 1. The van der Waals surface area contributed by atoms with Gasteiger partial charge >= 0.3 is 12.1 Å². The molecule has 0 aliphatic rings. The molecule has 0 aliphatic heterocycles. The molecule has 0 bridgehead atoms. The van der Waals surface area contributed by atoms with Gasteiger partial charge in [-0.25, -0.2) is 19.1 Å². The number of hydrogen-bond acceptors (Lipinski definition) is 6. The molecular formula is C18H13N5O3. The molecule has 1 amide bonds. The Labute approximate surface area is 147 Å². The van der Waals surface area contributed by atoms with Crippen LogP contribution < -0.4 is 5.73 Å². The normalized spacial score (nSPS) is 10.9. The number of fused-ring (bicyclic) bond motifs is 2. The van der Waals surface area contributed by atoms with Crippen LogP contribution in [-0.4, -0.2) is 31.6 Å². The maximum absolute atomic E-state index is 11.8. The SMILES string of the molecule is NC(=O)OC(=O)c1ccc2ncc(Cc3ccc4ncccc4c3)n2n1. The van der Waals surface area contributed by atoms with E-state index in [1.807, 2.05) is 30.3 Å². The third-order valence-electron chi connectivity index (χ3n) is 3.89. The van der Waals surface area contributed by atoms with Crippen LogP contribution in [0.4, 0.5) is 4.79 Å². The third kappa shape index (κ3) is 2.95. The van der Waals surface area contributed by atoms with Crippen LogP contribution >= 0.6 is 0 Å². The van der Waals surface area contributed by atoms with Crippen molar-refractivity contribution in [1.82, 2.24) is 19.6 Å². The molecule has 8 heteroatoms. The van der Waals surface area contributed by atoms with Gasteiger partial charge in [0.05, 0.1) is 17.4 Å². The van der Waals surface area contributed by atoms with Crippen molar-refractivity contribution < 1.29 is 14.3 Å². The molecule has 1 aromatic carbocycles.